The summed E-state index contributed by atoms with van der Waals surface area (Å²) in [7, 11) is -4.07. The summed E-state index contributed by atoms with van der Waals surface area (Å²) < 4.78 is 36.8. The number of rotatable bonds is 4. The number of benzene rings is 1. The minimum Gasteiger partial charge on any atom is -0.460 e. The average molecular weight is 269 g/mol. The molecule has 0 amide bonds. The summed E-state index contributed by atoms with van der Waals surface area (Å²) in [5.74, 6) is 0.112. The zero-order chi connectivity index (χ0) is 13.4. The molecule has 1 aromatic rings. The number of azide groups is 1. The van der Waals surface area contributed by atoms with E-state index in [4.69, 9.17) is 15.0 Å². The molecule has 1 aromatic carbocycles. The Bertz CT molecular complexity index is 620. The average Bonchev–Trinajstić information content (AvgIpc) is 2.86. The van der Waals surface area contributed by atoms with Crippen molar-refractivity contribution >= 4 is 10.0 Å². The number of nitrogens with zero attached hydrogens (tertiary/aromatic N) is 3. The number of hydrogen-bond acceptors (Lipinski definition) is 4. The van der Waals surface area contributed by atoms with E-state index in [9.17, 15) is 8.42 Å². The first-order valence-corrected chi connectivity index (χ1v) is 6.56. The molecule has 1 aliphatic rings. The Morgan fingerprint density at radius 1 is 1.44 bits per heavy atom. The largest absolute Gasteiger partial charge is 0.460 e. The van der Waals surface area contributed by atoms with Gasteiger partial charge < -0.3 is 9.47 Å². The highest BCUT2D eigenvalue weighted by Gasteiger charge is 2.51. The van der Waals surface area contributed by atoms with E-state index < -0.39 is 21.9 Å². The summed E-state index contributed by atoms with van der Waals surface area (Å²) in [5, 5.41) is 0. The molecule has 1 saturated heterocycles. The molecule has 1 aliphatic heterocycles. The van der Waals surface area contributed by atoms with Crippen molar-refractivity contribution in [1.82, 2.24) is 0 Å². The first kappa shape index (κ1) is 12.7. The van der Waals surface area contributed by atoms with Crippen molar-refractivity contribution in [2.24, 2.45) is 4.52 Å². The molecule has 1 fully saturated rings. The van der Waals surface area contributed by atoms with Gasteiger partial charge in [-0.2, -0.15) is 0 Å². The van der Waals surface area contributed by atoms with Gasteiger partial charge in [-0.05, 0) is 31.5 Å². The van der Waals surface area contributed by atoms with Crippen LogP contribution in [-0.2, 0) is 14.8 Å². The second kappa shape index (κ2) is 4.16. The summed E-state index contributed by atoms with van der Waals surface area (Å²) >= 11 is 0. The predicted octanol–water partition coefficient (Wildman–Crippen LogP) is 2.20. The molecule has 96 valence electrons. The lowest BCUT2D eigenvalue weighted by Crippen LogP contribution is -2.11. The Morgan fingerprint density at radius 2 is 2.06 bits per heavy atom. The number of sulfonamides is 1. The van der Waals surface area contributed by atoms with Crippen molar-refractivity contribution in [1.29, 1.82) is 0 Å². The van der Waals surface area contributed by atoms with Gasteiger partial charge in [-0.3, -0.25) is 0 Å². The van der Waals surface area contributed by atoms with Gasteiger partial charge in [0, 0.05) is 9.43 Å². The summed E-state index contributed by atoms with van der Waals surface area (Å²) in [5.41, 5.74) is 7.81. The van der Waals surface area contributed by atoms with Gasteiger partial charge in [-0.25, -0.2) is 8.42 Å². The molecule has 8 heteroatoms. The lowest BCUT2D eigenvalue weighted by atomic mass is 10.2. The van der Waals surface area contributed by atoms with E-state index >= 15 is 0 Å². The Hall–Kier alpha value is -1.76. The van der Waals surface area contributed by atoms with Gasteiger partial charge in [0.15, 0.2) is 0 Å². The van der Waals surface area contributed by atoms with Crippen LogP contribution >= 0.6 is 0 Å². The van der Waals surface area contributed by atoms with Crippen molar-refractivity contribution in [3.05, 3.63) is 34.7 Å². The fourth-order valence-corrected chi connectivity index (χ4v) is 2.18. The number of epoxide rings is 1. The molecule has 0 spiro atoms. The van der Waals surface area contributed by atoms with Crippen LogP contribution in [0, 0.1) is 0 Å². The van der Waals surface area contributed by atoms with E-state index in [1.807, 2.05) is 13.8 Å². The van der Waals surface area contributed by atoms with E-state index in [1.165, 1.54) is 18.2 Å². The Morgan fingerprint density at radius 3 is 2.61 bits per heavy atom. The van der Waals surface area contributed by atoms with Gasteiger partial charge in [0.05, 0.1) is 0 Å². The lowest BCUT2D eigenvalue weighted by molar-refractivity contribution is 0.173. The first-order chi connectivity index (χ1) is 8.37. The van der Waals surface area contributed by atoms with Gasteiger partial charge in [-0.1, -0.05) is 12.1 Å². The SMILES string of the molecule is CC1(C)OC1Oc1ccccc1S(=O)(=O)N=[N+]=[N-]. The zero-order valence-electron chi connectivity index (χ0n) is 9.77. The number of hydrogen-bond donors (Lipinski definition) is 0. The summed E-state index contributed by atoms with van der Waals surface area (Å²) in [4.78, 5) is 2.13. The lowest BCUT2D eigenvalue weighted by Gasteiger charge is -2.08. The van der Waals surface area contributed by atoms with Crippen LogP contribution in [0.4, 0.5) is 0 Å². The molecular weight excluding hydrogens is 258 g/mol. The van der Waals surface area contributed by atoms with Crippen LogP contribution in [0.3, 0.4) is 0 Å². The van der Waals surface area contributed by atoms with Crippen LogP contribution in [0.15, 0.2) is 33.7 Å². The molecule has 7 nitrogen and oxygen atoms in total. The normalized spacial score (nSPS) is 20.9. The maximum absolute atomic E-state index is 11.7. The van der Waals surface area contributed by atoms with Crippen LogP contribution in [0.5, 0.6) is 5.75 Å². The number of ether oxygens (including phenoxy) is 2. The topological polar surface area (TPSA) is 105 Å². The van der Waals surface area contributed by atoms with Crippen LogP contribution in [0.25, 0.3) is 10.4 Å². The van der Waals surface area contributed by atoms with E-state index in [-0.39, 0.29) is 10.6 Å². The highest BCUT2D eigenvalue weighted by atomic mass is 32.2. The molecule has 0 saturated carbocycles. The molecule has 0 bridgehead atoms. The quantitative estimate of drug-likeness (QED) is 0.361. The van der Waals surface area contributed by atoms with Crippen LogP contribution in [-0.4, -0.2) is 20.3 Å². The molecule has 0 aromatic heterocycles. The fourth-order valence-electron chi connectivity index (χ4n) is 1.38. The smallest absolute Gasteiger partial charge is 0.267 e. The third kappa shape index (κ3) is 2.40. The van der Waals surface area contributed by atoms with Crippen molar-refractivity contribution in [2.45, 2.75) is 30.6 Å². The van der Waals surface area contributed by atoms with Gasteiger partial charge in [0.2, 0.25) is 6.29 Å². The van der Waals surface area contributed by atoms with Crippen LogP contribution in [0.2, 0.25) is 0 Å². The van der Waals surface area contributed by atoms with E-state index in [0.29, 0.717) is 0 Å². The fraction of sp³-hybridized carbons (Fsp3) is 0.400. The molecule has 0 aliphatic carbocycles. The van der Waals surface area contributed by atoms with Crippen molar-refractivity contribution < 1.29 is 17.9 Å². The van der Waals surface area contributed by atoms with Gasteiger partial charge >= 0.3 is 0 Å². The van der Waals surface area contributed by atoms with Crippen molar-refractivity contribution in [3.63, 3.8) is 0 Å². The van der Waals surface area contributed by atoms with Crippen molar-refractivity contribution in [3.8, 4) is 5.75 Å². The molecule has 0 radical (unpaired) electrons. The molecule has 1 heterocycles. The molecule has 2 rings (SSSR count). The minimum absolute atomic E-state index is 0.112. The zero-order valence-corrected chi connectivity index (χ0v) is 10.6. The maximum atomic E-state index is 11.7. The maximum Gasteiger partial charge on any atom is 0.267 e. The standard InChI is InChI=1S/C10H11N3O4S/c1-10(2)9(17-10)16-7-5-3-4-6-8(7)18(14,15)13-12-11/h3-6,9H,1-2H3. The third-order valence-electron chi connectivity index (χ3n) is 2.43. The summed E-state index contributed by atoms with van der Waals surface area (Å²) in [6, 6.07) is 5.94. The Labute approximate surface area is 104 Å². The third-order valence-corrected chi connectivity index (χ3v) is 3.61. The highest BCUT2D eigenvalue weighted by Crippen LogP contribution is 2.38. The second-order valence-electron chi connectivity index (χ2n) is 4.26. The van der Waals surface area contributed by atoms with Crippen LogP contribution in [0.1, 0.15) is 13.8 Å². The molecule has 1 unspecified atom stereocenters. The molecule has 1 atom stereocenters. The van der Waals surface area contributed by atoms with Gasteiger partial charge in [0.1, 0.15) is 16.2 Å². The first-order valence-electron chi connectivity index (χ1n) is 5.12. The van der Waals surface area contributed by atoms with E-state index in [1.54, 1.807) is 6.07 Å². The minimum atomic E-state index is -4.07. The molecular formula is C10H11N3O4S. The van der Waals surface area contributed by atoms with Crippen LogP contribution < -0.4 is 4.74 Å². The Kier molecular flexibility index (Phi) is 2.94. The van der Waals surface area contributed by atoms with E-state index in [2.05, 4.69) is 9.43 Å². The Balaban J connectivity index is 2.35. The van der Waals surface area contributed by atoms with Gasteiger partial charge in [-0.15, -0.1) is 0 Å². The van der Waals surface area contributed by atoms with E-state index in [0.717, 1.165) is 0 Å². The van der Waals surface area contributed by atoms with Gasteiger partial charge in [0.25, 0.3) is 10.0 Å². The molecule has 18 heavy (non-hydrogen) atoms. The second-order valence-corrected chi connectivity index (χ2v) is 5.82. The predicted molar refractivity (Wildman–Crippen MR) is 62.4 cm³/mol. The summed E-state index contributed by atoms with van der Waals surface area (Å²) in [6.45, 7) is 3.64. The molecule has 0 N–H and O–H groups in total. The summed E-state index contributed by atoms with van der Waals surface area (Å²) in [6.07, 6.45) is -0.500. The van der Waals surface area contributed by atoms with Crippen molar-refractivity contribution in [2.75, 3.05) is 0 Å². The highest BCUT2D eigenvalue weighted by molar-refractivity contribution is 7.90. The monoisotopic (exact) mass is 269 g/mol. The number of para-hydroxylation sites is 1.